The molecule has 0 aliphatic carbocycles. The Kier molecular flexibility index (Phi) is 11.4. The van der Waals surface area contributed by atoms with E-state index in [4.69, 9.17) is 4.74 Å². The summed E-state index contributed by atoms with van der Waals surface area (Å²) in [7, 11) is 0. The normalized spacial score (nSPS) is 13.4. The molecule has 0 saturated carbocycles. The molecule has 0 aromatic rings. The van der Waals surface area contributed by atoms with Crippen LogP contribution < -0.4 is 10.6 Å². The SMILES string of the molecule is CCC(CCCCC(=O)CS)C(C)(C)NCCNC(=O)OC(C)(C)C. The number of hydrogen-bond acceptors (Lipinski definition) is 5. The van der Waals surface area contributed by atoms with Crippen molar-refractivity contribution in [2.24, 2.45) is 5.92 Å². The van der Waals surface area contributed by atoms with Crippen LogP contribution in [0, 0.1) is 5.92 Å². The number of carbonyl (C=O) groups is 2. The third-order valence-corrected chi connectivity index (χ3v) is 4.67. The molecule has 0 bridgehead atoms. The summed E-state index contributed by atoms with van der Waals surface area (Å²) in [6, 6.07) is 0. The standard InChI is InChI=1S/C19H38N2O3S/c1-7-15(10-8-9-11-16(22)14-25)19(5,6)21-13-12-20-17(23)24-18(2,3)4/h15,21,25H,7-14H2,1-6H3,(H,20,23). The average molecular weight is 375 g/mol. The minimum atomic E-state index is -0.474. The zero-order valence-electron chi connectivity index (χ0n) is 16.9. The van der Waals surface area contributed by atoms with Crippen molar-refractivity contribution < 1.29 is 14.3 Å². The van der Waals surface area contributed by atoms with E-state index in [0.717, 1.165) is 25.7 Å². The van der Waals surface area contributed by atoms with Gasteiger partial charge in [0.1, 0.15) is 11.4 Å². The van der Waals surface area contributed by atoms with Crippen LogP contribution in [0.1, 0.15) is 73.6 Å². The largest absolute Gasteiger partial charge is 0.444 e. The van der Waals surface area contributed by atoms with Crippen LogP contribution in [0.5, 0.6) is 0 Å². The van der Waals surface area contributed by atoms with E-state index in [1.54, 1.807) is 0 Å². The topological polar surface area (TPSA) is 67.4 Å². The highest BCUT2D eigenvalue weighted by molar-refractivity contribution is 7.81. The van der Waals surface area contributed by atoms with Crippen molar-refractivity contribution in [3.8, 4) is 0 Å². The minimum Gasteiger partial charge on any atom is -0.444 e. The maximum atomic E-state index is 11.6. The number of ether oxygens (including phenoxy) is 1. The van der Waals surface area contributed by atoms with Gasteiger partial charge >= 0.3 is 6.09 Å². The van der Waals surface area contributed by atoms with E-state index >= 15 is 0 Å². The van der Waals surface area contributed by atoms with Crippen molar-refractivity contribution >= 4 is 24.5 Å². The van der Waals surface area contributed by atoms with Crippen LogP contribution in [-0.2, 0) is 9.53 Å². The van der Waals surface area contributed by atoms with Crippen LogP contribution in [0.15, 0.2) is 0 Å². The minimum absolute atomic E-state index is 0.0160. The molecule has 0 heterocycles. The van der Waals surface area contributed by atoms with Gasteiger partial charge in [0, 0.05) is 30.8 Å². The fraction of sp³-hybridized carbons (Fsp3) is 0.895. The van der Waals surface area contributed by atoms with Crippen molar-refractivity contribution in [2.75, 3.05) is 18.8 Å². The Balaban J connectivity index is 4.12. The van der Waals surface area contributed by atoms with Crippen LogP contribution in [0.25, 0.3) is 0 Å². The summed E-state index contributed by atoms with van der Waals surface area (Å²) >= 11 is 4.01. The first kappa shape index (κ1) is 24.2. The van der Waals surface area contributed by atoms with Gasteiger partial charge in [0.25, 0.3) is 0 Å². The van der Waals surface area contributed by atoms with E-state index in [0.29, 0.717) is 31.2 Å². The van der Waals surface area contributed by atoms with E-state index in [9.17, 15) is 9.59 Å². The molecule has 5 nitrogen and oxygen atoms in total. The van der Waals surface area contributed by atoms with Crippen LogP contribution in [0.3, 0.4) is 0 Å². The third-order valence-electron chi connectivity index (χ3n) is 4.32. The monoisotopic (exact) mass is 374 g/mol. The number of alkyl carbamates (subject to hydrolysis) is 1. The van der Waals surface area contributed by atoms with Gasteiger partial charge in [0.15, 0.2) is 0 Å². The molecular formula is C19H38N2O3S. The smallest absolute Gasteiger partial charge is 0.407 e. The Labute approximate surface area is 159 Å². The Hall–Kier alpha value is -0.750. The quantitative estimate of drug-likeness (QED) is 0.357. The van der Waals surface area contributed by atoms with E-state index < -0.39 is 5.60 Å². The number of carbonyl (C=O) groups excluding carboxylic acids is 2. The molecule has 148 valence electrons. The lowest BCUT2D eigenvalue weighted by Crippen LogP contribution is -2.49. The summed E-state index contributed by atoms with van der Waals surface area (Å²) in [5, 5.41) is 6.31. The van der Waals surface area contributed by atoms with Crippen LogP contribution in [0.4, 0.5) is 4.79 Å². The van der Waals surface area contributed by atoms with Gasteiger partial charge in [-0.3, -0.25) is 4.79 Å². The van der Waals surface area contributed by atoms with E-state index in [1.807, 2.05) is 20.8 Å². The van der Waals surface area contributed by atoms with Gasteiger partial charge in [-0.1, -0.05) is 19.8 Å². The summed E-state index contributed by atoms with van der Waals surface area (Å²) in [5.74, 6) is 1.09. The molecule has 25 heavy (non-hydrogen) atoms. The Morgan fingerprint density at radius 1 is 1.08 bits per heavy atom. The number of thiol groups is 1. The lowest BCUT2D eigenvalue weighted by molar-refractivity contribution is -0.116. The molecule has 1 amide bonds. The first-order valence-electron chi connectivity index (χ1n) is 9.36. The van der Waals surface area contributed by atoms with Crippen LogP contribution in [-0.4, -0.2) is 41.9 Å². The van der Waals surface area contributed by atoms with Crippen molar-refractivity contribution in [3.05, 3.63) is 0 Å². The maximum Gasteiger partial charge on any atom is 0.407 e. The number of rotatable bonds is 12. The predicted octanol–water partition coefficient (Wildman–Crippen LogP) is 3.96. The van der Waals surface area contributed by atoms with E-state index in [2.05, 4.69) is 44.0 Å². The zero-order valence-corrected chi connectivity index (χ0v) is 17.8. The molecular weight excluding hydrogens is 336 g/mol. The third kappa shape index (κ3) is 12.3. The molecule has 0 fully saturated rings. The summed E-state index contributed by atoms with van der Waals surface area (Å²) in [6.07, 6.45) is 4.42. The molecule has 2 N–H and O–H groups in total. The van der Waals surface area contributed by atoms with Gasteiger partial charge in [-0.25, -0.2) is 4.79 Å². The first-order valence-corrected chi connectivity index (χ1v) is 9.99. The van der Waals surface area contributed by atoms with E-state index in [1.165, 1.54) is 0 Å². The lowest BCUT2D eigenvalue weighted by Gasteiger charge is -2.35. The summed E-state index contributed by atoms with van der Waals surface area (Å²) < 4.78 is 5.22. The number of ketones is 1. The first-order chi connectivity index (χ1) is 11.5. The molecule has 0 rings (SSSR count). The fourth-order valence-corrected chi connectivity index (χ4v) is 3.03. The maximum absolute atomic E-state index is 11.6. The Morgan fingerprint density at radius 3 is 2.24 bits per heavy atom. The second-order valence-electron chi connectivity index (χ2n) is 8.12. The van der Waals surface area contributed by atoms with Gasteiger partial charge in [0.2, 0.25) is 0 Å². The van der Waals surface area contributed by atoms with Crippen molar-refractivity contribution in [1.82, 2.24) is 10.6 Å². The van der Waals surface area contributed by atoms with Crippen LogP contribution >= 0.6 is 12.6 Å². The van der Waals surface area contributed by atoms with E-state index in [-0.39, 0.29) is 17.4 Å². The fourth-order valence-electron chi connectivity index (χ4n) is 2.87. The van der Waals surface area contributed by atoms with Gasteiger partial charge in [0.05, 0.1) is 0 Å². The summed E-state index contributed by atoms with van der Waals surface area (Å²) in [6.45, 7) is 13.4. The highest BCUT2D eigenvalue weighted by Gasteiger charge is 2.27. The Bertz CT molecular complexity index is 406. The highest BCUT2D eigenvalue weighted by atomic mass is 32.1. The Morgan fingerprint density at radius 2 is 1.72 bits per heavy atom. The number of nitrogens with one attached hydrogen (secondary N) is 2. The number of unbranched alkanes of at least 4 members (excludes halogenated alkanes) is 1. The predicted molar refractivity (Wildman–Crippen MR) is 107 cm³/mol. The number of Topliss-reactive ketones (excluding diaryl/α,β-unsaturated/α-hetero) is 1. The molecule has 0 saturated heterocycles. The second-order valence-corrected chi connectivity index (χ2v) is 8.44. The summed E-state index contributed by atoms with van der Waals surface area (Å²) in [4.78, 5) is 22.9. The molecule has 0 aliphatic rings. The second kappa shape index (κ2) is 11.8. The van der Waals surface area contributed by atoms with Gasteiger partial charge in [-0.15, -0.1) is 0 Å². The highest BCUT2D eigenvalue weighted by Crippen LogP contribution is 2.26. The van der Waals surface area contributed by atoms with Crippen LogP contribution in [0.2, 0.25) is 0 Å². The van der Waals surface area contributed by atoms with Crippen molar-refractivity contribution in [3.63, 3.8) is 0 Å². The molecule has 0 aliphatic heterocycles. The number of amides is 1. The molecule has 1 atom stereocenters. The number of hydrogen-bond donors (Lipinski definition) is 3. The molecule has 6 heteroatoms. The lowest BCUT2D eigenvalue weighted by atomic mass is 9.81. The molecule has 1 unspecified atom stereocenters. The van der Waals surface area contributed by atoms with Crippen molar-refractivity contribution in [2.45, 2.75) is 84.8 Å². The molecule has 0 aromatic carbocycles. The average Bonchev–Trinajstić information content (AvgIpc) is 2.49. The molecule has 0 spiro atoms. The van der Waals surface area contributed by atoms with Gasteiger partial charge in [-0.2, -0.15) is 12.6 Å². The molecule has 0 aromatic heterocycles. The van der Waals surface area contributed by atoms with Crippen molar-refractivity contribution in [1.29, 1.82) is 0 Å². The zero-order chi connectivity index (χ0) is 19.5. The van der Waals surface area contributed by atoms with Gasteiger partial charge < -0.3 is 15.4 Å². The van der Waals surface area contributed by atoms with Gasteiger partial charge in [-0.05, 0) is 53.4 Å². The summed E-state index contributed by atoms with van der Waals surface area (Å²) in [5.41, 5.74) is -0.490. The molecule has 0 radical (unpaired) electrons.